The monoisotopic (exact) mass is 733 g/mol. The summed E-state index contributed by atoms with van der Waals surface area (Å²) in [6.45, 7) is 16.3. The zero-order valence-electron chi connectivity index (χ0n) is 32.9. The van der Waals surface area contributed by atoms with Crippen molar-refractivity contribution in [2.24, 2.45) is 23.7 Å². The SMILES string of the molecule is CC[C@H]1OC(=O)[C@H](C)[C@@H](O[C@H]2C[C@@](C)(OC)[C@@H](O)[C@H](C)O2)[C@H](C)C(O[C@@H]2O[C@H](C)C[C@H](N(C)C)[C@H]2O)[C@](C)(O)C[C@@H](C)C(=O)[C@H](C)[C@@H](O)[C@]1(C)O. The first-order valence-electron chi connectivity index (χ1n) is 18.5. The van der Waals surface area contributed by atoms with E-state index >= 15 is 0 Å². The van der Waals surface area contributed by atoms with Gasteiger partial charge in [-0.1, -0.05) is 27.7 Å². The third-order valence-electron chi connectivity index (χ3n) is 11.8. The maximum absolute atomic E-state index is 14.1. The van der Waals surface area contributed by atoms with Crippen molar-refractivity contribution in [3.05, 3.63) is 0 Å². The number of hydrogen-bond donors (Lipinski definition) is 5. The molecule has 0 aromatic rings. The Labute approximate surface area is 304 Å². The fourth-order valence-electron chi connectivity index (χ4n) is 8.41. The lowest BCUT2D eigenvalue weighted by Gasteiger charge is -2.49. The molecule has 0 radical (unpaired) electrons. The maximum atomic E-state index is 14.1. The summed E-state index contributed by atoms with van der Waals surface area (Å²) < 4.78 is 37.1. The van der Waals surface area contributed by atoms with Crippen molar-refractivity contribution in [3.63, 3.8) is 0 Å². The van der Waals surface area contributed by atoms with Crippen molar-refractivity contribution in [1.82, 2.24) is 4.90 Å². The topological polar surface area (TPSA) is 194 Å². The first-order valence-corrected chi connectivity index (χ1v) is 18.5. The Morgan fingerprint density at radius 1 is 0.882 bits per heavy atom. The van der Waals surface area contributed by atoms with Gasteiger partial charge >= 0.3 is 5.97 Å². The predicted octanol–water partition coefficient (Wildman–Crippen LogP) is 1.79. The summed E-state index contributed by atoms with van der Waals surface area (Å²) in [4.78, 5) is 29.8. The van der Waals surface area contributed by atoms with Gasteiger partial charge in [-0.25, -0.2) is 0 Å². The molecule has 3 fully saturated rings. The number of methoxy groups -OCH3 is 1. The van der Waals surface area contributed by atoms with Gasteiger partial charge in [0.15, 0.2) is 12.6 Å². The predicted molar refractivity (Wildman–Crippen MR) is 186 cm³/mol. The molecule has 3 aliphatic heterocycles. The Hall–Kier alpha value is -1.30. The van der Waals surface area contributed by atoms with E-state index in [0.29, 0.717) is 6.42 Å². The van der Waals surface area contributed by atoms with Crippen LogP contribution in [0.25, 0.3) is 0 Å². The molecule has 3 rings (SSSR count). The number of carbonyl (C=O) groups excluding carboxylic acids is 2. The summed E-state index contributed by atoms with van der Waals surface area (Å²) >= 11 is 0. The number of rotatable bonds is 7. The first kappa shape index (κ1) is 44.1. The normalized spacial score (nSPS) is 49.7. The smallest absolute Gasteiger partial charge is 0.311 e. The number of hydrogen-bond acceptors (Lipinski definition) is 14. The summed E-state index contributed by atoms with van der Waals surface area (Å²) in [6.07, 6.45) is -9.71. The Balaban J connectivity index is 2.18. The molecule has 14 heteroatoms. The van der Waals surface area contributed by atoms with Crippen LogP contribution >= 0.6 is 0 Å². The molecule has 298 valence electrons. The highest BCUT2D eigenvalue weighted by atomic mass is 16.7. The van der Waals surface area contributed by atoms with E-state index in [-0.39, 0.29) is 31.4 Å². The number of cyclic esters (lactones) is 1. The van der Waals surface area contributed by atoms with Gasteiger partial charge in [-0.2, -0.15) is 0 Å². The Morgan fingerprint density at radius 3 is 2.04 bits per heavy atom. The summed E-state index contributed by atoms with van der Waals surface area (Å²) in [7, 11) is 5.18. The minimum absolute atomic E-state index is 0.0936. The quantitative estimate of drug-likeness (QED) is 0.238. The van der Waals surface area contributed by atoms with Crippen LogP contribution in [0.4, 0.5) is 0 Å². The van der Waals surface area contributed by atoms with Gasteiger partial charge in [0.2, 0.25) is 0 Å². The van der Waals surface area contributed by atoms with E-state index in [1.807, 2.05) is 25.9 Å². The van der Waals surface area contributed by atoms with Crippen molar-refractivity contribution in [2.45, 2.75) is 179 Å². The fourth-order valence-corrected chi connectivity index (χ4v) is 8.41. The molecule has 3 aliphatic rings. The molecule has 3 heterocycles. The molecule has 0 bridgehead atoms. The highest BCUT2D eigenvalue weighted by molar-refractivity contribution is 5.83. The van der Waals surface area contributed by atoms with Gasteiger partial charge in [-0.05, 0) is 74.9 Å². The van der Waals surface area contributed by atoms with E-state index in [4.69, 9.17) is 28.4 Å². The summed E-state index contributed by atoms with van der Waals surface area (Å²) in [5.41, 5.74) is -4.84. The van der Waals surface area contributed by atoms with E-state index < -0.39 is 108 Å². The molecule has 3 saturated heterocycles. The van der Waals surface area contributed by atoms with Crippen LogP contribution in [0.3, 0.4) is 0 Å². The largest absolute Gasteiger partial charge is 0.459 e. The molecule has 0 saturated carbocycles. The number of esters is 1. The molecular weight excluding hydrogens is 666 g/mol. The molecule has 14 nitrogen and oxygen atoms in total. The molecule has 0 aliphatic carbocycles. The molecular formula is C37H67NO13. The Bertz CT molecular complexity index is 1170. The van der Waals surface area contributed by atoms with Crippen LogP contribution < -0.4 is 0 Å². The second kappa shape index (κ2) is 17.0. The first-order chi connectivity index (χ1) is 23.4. The van der Waals surface area contributed by atoms with E-state index in [9.17, 15) is 35.1 Å². The Kier molecular flexibility index (Phi) is 14.7. The van der Waals surface area contributed by atoms with Crippen molar-refractivity contribution >= 4 is 11.8 Å². The molecule has 0 spiro atoms. The maximum Gasteiger partial charge on any atom is 0.311 e. The molecule has 0 aromatic heterocycles. The number of ketones is 1. The molecule has 5 N–H and O–H groups in total. The summed E-state index contributed by atoms with van der Waals surface area (Å²) in [6, 6.07) is -0.324. The van der Waals surface area contributed by atoms with Gasteiger partial charge in [-0.3, -0.25) is 9.59 Å². The van der Waals surface area contributed by atoms with Crippen LogP contribution in [0.1, 0.15) is 94.9 Å². The molecule has 18 atom stereocenters. The highest BCUT2D eigenvalue weighted by Gasteiger charge is 2.53. The lowest BCUT2D eigenvalue weighted by Crippen LogP contribution is -2.61. The number of likely N-dealkylation sites (N-methyl/N-ethyl adjacent to an activating group) is 1. The van der Waals surface area contributed by atoms with Crippen molar-refractivity contribution in [2.75, 3.05) is 21.2 Å². The van der Waals surface area contributed by atoms with Gasteiger partial charge in [0.25, 0.3) is 0 Å². The van der Waals surface area contributed by atoms with E-state index in [1.165, 1.54) is 27.9 Å². The van der Waals surface area contributed by atoms with Crippen molar-refractivity contribution in [1.29, 1.82) is 0 Å². The summed E-state index contributed by atoms with van der Waals surface area (Å²) in [5, 5.41) is 57.6. The second-order valence-corrected chi connectivity index (χ2v) is 16.5. The van der Waals surface area contributed by atoms with Gasteiger partial charge in [-0.15, -0.1) is 0 Å². The number of nitrogens with zero attached hydrogens (tertiary/aromatic N) is 1. The van der Waals surface area contributed by atoms with Gasteiger partial charge in [0, 0.05) is 37.3 Å². The van der Waals surface area contributed by atoms with Crippen molar-refractivity contribution < 1.29 is 63.5 Å². The number of ether oxygens (including phenoxy) is 6. The van der Waals surface area contributed by atoms with Gasteiger partial charge in [0.1, 0.15) is 29.7 Å². The number of carbonyl (C=O) groups is 2. The van der Waals surface area contributed by atoms with Crippen molar-refractivity contribution in [3.8, 4) is 0 Å². The number of aliphatic hydroxyl groups excluding tert-OH is 3. The third-order valence-corrected chi connectivity index (χ3v) is 11.8. The second-order valence-electron chi connectivity index (χ2n) is 16.5. The van der Waals surface area contributed by atoms with Crippen LogP contribution in [-0.4, -0.2) is 148 Å². The van der Waals surface area contributed by atoms with Crippen LogP contribution in [0.15, 0.2) is 0 Å². The van der Waals surface area contributed by atoms with Crippen LogP contribution in [0, 0.1) is 23.7 Å². The molecule has 0 amide bonds. The Morgan fingerprint density at radius 2 is 1.49 bits per heavy atom. The average Bonchev–Trinajstić information content (AvgIpc) is 3.05. The van der Waals surface area contributed by atoms with Crippen LogP contribution in [-0.2, 0) is 38.0 Å². The third kappa shape index (κ3) is 9.51. The lowest BCUT2D eigenvalue weighted by atomic mass is 9.74. The number of Topliss-reactive ketones (excluding diaryl/α,β-unsaturated/α-hetero) is 1. The zero-order chi connectivity index (χ0) is 39.0. The summed E-state index contributed by atoms with van der Waals surface area (Å²) in [5.74, 6) is -4.98. The molecule has 51 heavy (non-hydrogen) atoms. The van der Waals surface area contributed by atoms with Gasteiger partial charge < -0.3 is 58.9 Å². The lowest BCUT2D eigenvalue weighted by molar-refractivity contribution is -0.318. The molecule has 0 aromatic carbocycles. The van der Waals surface area contributed by atoms with Crippen LogP contribution in [0.5, 0.6) is 0 Å². The van der Waals surface area contributed by atoms with Crippen LogP contribution in [0.2, 0.25) is 0 Å². The average molecular weight is 734 g/mol. The van der Waals surface area contributed by atoms with E-state index in [2.05, 4.69) is 0 Å². The number of aliphatic hydroxyl groups is 5. The minimum Gasteiger partial charge on any atom is -0.459 e. The molecule has 1 unspecified atom stereocenters. The highest BCUT2D eigenvalue weighted by Crippen LogP contribution is 2.40. The van der Waals surface area contributed by atoms with E-state index in [1.54, 1.807) is 41.5 Å². The minimum atomic E-state index is -1.99. The fraction of sp³-hybridized carbons (Fsp3) is 0.946. The standard InChI is InChI=1S/C37H67NO13/c1-14-25-37(10,45)30(41)20(4)27(39)18(2)16-35(8,44)32(51-34-28(40)24(38(11)12)15-19(3)47-34)21(5)29(22(6)33(43)49-25)50-26-17-36(9,46-13)31(42)23(7)48-26/h18-26,28-32,34,40-42,44-45H,14-17H2,1-13H3/t18-,19-,20+,21+,22-,23+,24+,25-,26+,28-,29+,30-,31+,32?,34+,35-,36-,37-/m1/s1. The van der Waals surface area contributed by atoms with Gasteiger partial charge in [0.05, 0.1) is 47.6 Å². The zero-order valence-corrected chi connectivity index (χ0v) is 32.9. The van der Waals surface area contributed by atoms with E-state index in [0.717, 1.165) is 0 Å².